The molecule has 0 aromatic heterocycles. The molecule has 0 spiro atoms. The summed E-state index contributed by atoms with van der Waals surface area (Å²) >= 11 is 9.79. The van der Waals surface area contributed by atoms with E-state index < -0.39 is 0 Å². The second-order valence-corrected chi connectivity index (χ2v) is 5.75. The van der Waals surface area contributed by atoms with Gasteiger partial charge in [0, 0.05) is 15.5 Å². The van der Waals surface area contributed by atoms with Crippen molar-refractivity contribution < 1.29 is 0 Å². The Bertz CT molecular complexity index is 350. The molecule has 17 heavy (non-hydrogen) atoms. The van der Waals surface area contributed by atoms with Gasteiger partial charge in [0.25, 0.3) is 0 Å². The molecule has 0 saturated heterocycles. The van der Waals surface area contributed by atoms with Crippen LogP contribution in [0.2, 0.25) is 5.02 Å². The van der Waals surface area contributed by atoms with Crippen molar-refractivity contribution in [2.45, 2.75) is 39.2 Å². The number of halogens is 2. The lowest BCUT2D eigenvalue weighted by atomic mass is 9.91. The van der Waals surface area contributed by atoms with Crippen molar-refractivity contribution in [1.82, 2.24) is 5.32 Å². The predicted molar refractivity (Wildman–Crippen MR) is 79.6 cm³/mol. The fourth-order valence-electron chi connectivity index (χ4n) is 2.14. The third-order valence-corrected chi connectivity index (χ3v) is 4.24. The highest BCUT2D eigenvalue weighted by molar-refractivity contribution is 9.10. The summed E-state index contributed by atoms with van der Waals surface area (Å²) in [6.45, 7) is 4.51. The molecule has 1 N–H and O–H groups in total. The zero-order valence-corrected chi connectivity index (χ0v) is 13.1. The van der Waals surface area contributed by atoms with Crippen molar-refractivity contribution in [3.63, 3.8) is 0 Å². The van der Waals surface area contributed by atoms with Crippen LogP contribution in [-0.4, -0.2) is 7.05 Å². The molecule has 1 rings (SSSR count). The third-order valence-electron chi connectivity index (χ3n) is 3.41. The molecule has 1 unspecified atom stereocenters. The second-order valence-electron chi connectivity index (χ2n) is 4.43. The van der Waals surface area contributed by atoms with Crippen LogP contribution < -0.4 is 5.32 Å². The van der Waals surface area contributed by atoms with E-state index >= 15 is 0 Å². The first kappa shape index (κ1) is 15.0. The molecule has 0 heterocycles. The van der Waals surface area contributed by atoms with Gasteiger partial charge in [-0.2, -0.15) is 0 Å². The summed E-state index contributed by atoms with van der Waals surface area (Å²) in [4.78, 5) is 0. The fraction of sp³-hybridized carbons (Fsp3) is 0.571. The molecular formula is C14H21BrClN. The number of benzene rings is 1. The maximum atomic E-state index is 6.28. The van der Waals surface area contributed by atoms with Crippen molar-refractivity contribution in [1.29, 1.82) is 0 Å². The van der Waals surface area contributed by atoms with Crippen LogP contribution in [0.15, 0.2) is 22.7 Å². The maximum absolute atomic E-state index is 6.28. The van der Waals surface area contributed by atoms with Gasteiger partial charge in [0.15, 0.2) is 0 Å². The van der Waals surface area contributed by atoms with Gasteiger partial charge in [-0.05, 0) is 43.1 Å². The van der Waals surface area contributed by atoms with Gasteiger partial charge in [0.1, 0.15) is 0 Å². The summed E-state index contributed by atoms with van der Waals surface area (Å²) in [5.41, 5.74) is 1.19. The number of hydrogen-bond acceptors (Lipinski definition) is 1. The van der Waals surface area contributed by atoms with Crippen LogP contribution >= 0.6 is 27.5 Å². The third kappa shape index (κ3) is 4.27. The van der Waals surface area contributed by atoms with Crippen molar-refractivity contribution in [2.75, 3.05) is 7.05 Å². The van der Waals surface area contributed by atoms with Crippen LogP contribution in [-0.2, 0) is 0 Å². The van der Waals surface area contributed by atoms with E-state index in [1.807, 2.05) is 19.2 Å². The molecule has 0 aliphatic carbocycles. The van der Waals surface area contributed by atoms with E-state index in [4.69, 9.17) is 11.6 Å². The average molecular weight is 319 g/mol. The lowest BCUT2D eigenvalue weighted by molar-refractivity contribution is 0.385. The first-order chi connectivity index (χ1) is 8.12. The van der Waals surface area contributed by atoms with Crippen LogP contribution in [0.4, 0.5) is 0 Å². The average Bonchev–Trinajstić information content (AvgIpc) is 2.34. The number of nitrogens with one attached hydrogen (secondary N) is 1. The van der Waals surface area contributed by atoms with E-state index in [2.05, 4.69) is 41.2 Å². The molecule has 1 aromatic rings. The Kier molecular flexibility index (Phi) is 6.53. The van der Waals surface area contributed by atoms with Gasteiger partial charge in [-0.1, -0.05) is 54.2 Å². The summed E-state index contributed by atoms with van der Waals surface area (Å²) in [6, 6.07) is 6.39. The monoisotopic (exact) mass is 317 g/mol. The largest absolute Gasteiger partial charge is 0.313 e. The topological polar surface area (TPSA) is 12.0 Å². The van der Waals surface area contributed by atoms with Crippen molar-refractivity contribution in [3.8, 4) is 0 Å². The SMILES string of the molecule is CCC(CC)CC(NC)c1cc(Br)ccc1Cl. The van der Waals surface area contributed by atoms with Crippen LogP contribution in [0.25, 0.3) is 0 Å². The Balaban J connectivity index is 2.89. The van der Waals surface area contributed by atoms with E-state index in [1.54, 1.807) is 0 Å². The van der Waals surface area contributed by atoms with Crippen molar-refractivity contribution in [2.24, 2.45) is 5.92 Å². The molecule has 3 heteroatoms. The highest BCUT2D eigenvalue weighted by Crippen LogP contribution is 2.31. The van der Waals surface area contributed by atoms with Gasteiger partial charge < -0.3 is 5.32 Å². The molecule has 1 nitrogen and oxygen atoms in total. The molecule has 0 radical (unpaired) electrons. The van der Waals surface area contributed by atoms with E-state index in [9.17, 15) is 0 Å². The summed E-state index contributed by atoms with van der Waals surface area (Å²) in [7, 11) is 2.00. The zero-order chi connectivity index (χ0) is 12.8. The lowest BCUT2D eigenvalue weighted by Crippen LogP contribution is -2.20. The Labute approximate surface area is 118 Å². The quantitative estimate of drug-likeness (QED) is 0.761. The van der Waals surface area contributed by atoms with E-state index in [1.165, 1.54) is 18.4 Å². The first-order valence-electron chi connectivity index (χ1n) is 6.24. The number of hydrogen-bond donors (Lipinski definition) is 1. The minimum absolute atomic E-state index is 0.338. The summed E-state index contributed by atoms with van der Waals surface area (Å²) in [5.74, 6) is 0.752. The Morgan fingerprint density at radius 3 is 2.47 bits per heavy atom. The van der Waals surface area contributed by atoms with Gasteiger partial charge in [-0.25, -0.2) is 0 Å². The summed E-state index contributed by atoms with van der Waals surface area (Å²) < 4.78 is 1.08. The second kappa shape index (κ2) is 7.40. The Morgan fingerprint density at radius 1 is 1.29 bits per heavy atom. The lowest BCUT2D eigenvalue weighted by Gasteiger charge is -2.23. The minimum atomic E-state index is 0.338. The number of rotatable bonds is 6. The van der Waals surface area contributed by atoms with Crippen LogP contribution in [0.5, 0.6) is 0 Å². The van der Waals surface area contributed by atoms with E-state index in [-0.39, 0.29) is 0 Å². The van der Waals surface area contributed by atoms with Crippen molar-refractivity contribution in [3.05, 3.63) is 33.3 Å². The predicted octanol–water partition coefficient (Wildman–Crippen LogP) is 5.19. The van der Waals surface area contributed by atoms with Gasteiger partial charge in [0.2, 0.25) is 0 Å². The highest BCUT2D eigenvalue weighted by Gasteiger charge is 2.17. The van der Waals surface area contributed by atoms with Gasteiger partial charge >= 0.3 is 0 Å². The molecule has 0 bridgehead atoms. The standard InChI is InChI=1S/C14H21BrClN/c1-4-10(5-2)8-14(17-3)12-9-11(15)6-7-13(12)16/h6-7,9-10,14,17H,4-5,8H2,1-3H3. The van der Waals surface area contributed by atoms with Gasteiger partial charge in [-0.3, -0.25) is 0 Å². The Morgan fingerprint density at radius 2 is 1.94 bits per heavy atom. The first-order valence-corrected chi connectivity index (χ1v) is 7.41. The molecule has 0 saturated carbocycles. The van der Waals surface area contributed by atoms with E-state index in [0.29, 0.717) is 6.04 Å². The maximum Gasteiger partial charge on any atom is 0.0454 e. The fourth-order valence-corrected chi connectivity index (χ4v) is 2.77. The van der Waals surface area contributed by atoms with Gasteiger partial charge in [-0.15, -0.1) is 0 Å². The summed E-state index contributed by atoms with van der Waals surface area (Å²) in [5, 5.41) is 4.23. The normalized spacial score (nSPS) is 13.1. The molecule has 1 atom stereocenters. The van der Waals surface area contributed by atoms with E-state index in [0.717, 1.165) is 21.8 Å². The molecule has 0 aliphatic rings. The van der Waals surface area contributed by atoms with Crippen molar-refractivity contribution >= 4 is 27.5 Å². The highest BCUT2D eigenvalue weighted by atomic mass is 79.9. The molecular weight excluding hydrogens is 298 g/mol. The van der Waals surface area contributed by atoms with Crippen LogP contribution in [0, 0.1) is 5.92 Å². The molecule has 0 aliphatic heterocycles. The molecule has 0 fully saturated rings. The van der Waals surface area contributed by atoms with Gasteiger partial charge in [0.05, 0.1) is 0 Å². The van der Waals surface area contributed by atoms with Crippen LogP contribution in [0.1, 0.15) is 44.7 Å². The molecule has 1 aromatic carbocycles. The Hall–Kier alpha value is -0.0500. The smallest absolute Gasteiger partial charge is 0.0454 e. The summed E-state index contributed by atoms with van der Waals surface area (Å²) in [6.07, 6.45) is 3.58. The zero-order valence-electron chi connectivity index (χ0n) is 10.8. The molecule has 0 amide bonds. The molecule has 96 valence electrons. The minimum Gasteiger partial charge on any atom is -0.313 e. The van der Waals surface area contributed by atoms with Crippen LogP contribution in [0.3, 0.4) is 0 Å².